The van der Waals surface area contributed by atoms with Crippen molar-refractivity contribution in [2.24, 2.45) is 5.14 Å². The van der Waals surface area contributed by atoms with Crippen LogP contribution in [0.4, 0.5) is 0 Å². The minimum absolute atomic E-state index is 0.0148. The van der Waals surface area contributed by atoms with Gasteiger partial charge in [0.05, 0.1) is 10.6 Å². The molecule has 2 rings (SSSR count). The molecule has 1 aromatic carbocycles. The lowest BCUT2D eigenvalue weighted by Gasteiger charge is -2.10. The van der Waals surface area contributed by atoms with E-state index in [0.29, 0.717) is 5.82 Å². The predicted molar refractivity (Wildman–Crippen MR) is 84.9 cm³/mol. The summed E-state index contributed by atoms with van der Waals surface area (Å²) in [5, 5.41) is 8.76. The van der Waals surface area contributed by atoms with Crippen LogP contribution in [0.5, 0.6) is 0 Å². The standard InChI is InChI=1S/C14H16ClN3O5S/c1-14(2,3)13-17-11(23-18-13)7-22-12(19)8-4-5-9(15)10(6-8)24(16,20)21/h4-6H,7H2,1-3H3,(H2,16,20,21). The van der Waals surface area contributed by atoms with Crippen molar-refractivity contribution >= 4 is 27.6 Å². The zero-order valence-corrected chi connectivity index (χ0v) is 14.8. The number of sulfonamides is 1. The van der Waals surface area contributed by atoms with Crippen molar-refractivity contribution in [1.82, 2.24) is 10.1 Å². The molecular formula is C14H16ClN3O5S. The van der Waals surface area contributed by atoms with E-state index in [1.165, 1.54) is 12.1 Å². The van der Waals surface area contributed by atoms with Crippen molar-refractivity contribution in [2.45, 2.75) is 37.7 Å². The molecule has 1 aromatic heterocycles. The van der Waals surface area contributed by atoms with Crippen LogP contribution in [0, 0.1) is 0 Å². The van der Waals surface area contributed by atoms with Crippen molar-refractivity contribution in [1.29, 1.82) is 0 Å². The highest BCUT2D eigenvalue weighted by Crippen LogP contribution is 2.22. The Morgan fingerprint density at radius 3 is 2.58 bits per heavy atom. The first-order valence-electron chi connectivity index (χ1n) is 6.81. The monoisotopic (exact) mass is 373 g/mol. The Kier molecular flexibility index (Phi) is 4.97. The van der Waals surface area contributed by atoms with E-state index in [1.54, 1.807) is 0 Å². The number of rotatable bonds is 4. The number of primary sulfonamides is 1. The summed E-state index contributed by atoms with van der Waals surface area (Å²) in [4.78, 5) is 15.8. The second-order valence-electron chi connectivity index (χ2n) is 6.03. The number of carbonyl (C=O) groups is 1. The summed E-state index contributed by atoms with van der Waals surface area (Å²) in [6.07, 6.45) is 0. The highest BCUT2D eigenvalue weighted by Gasteiger charge is 2.22. The highest BCUT2D eigenvalue weighted by molar-refractivity contribution is 7.89. The number of hydrogen-bond acceptors (Lipinski definition) is 7. The van der Waals surface area contributed by atoms with Crippen LogP contribution in [0.2, 0.25) is 5.02 Å². The second-order valence-corrected chi connectivity index (χ2v) is 7.97. The lowest BCUT2D eigenvalue weighted by atomic mass is 9.96. The molecule has 2 aromatic rings. The number of nitrogens with two attached hydrogens (primary N) is 1. The number of esters is 1. The number of carbonyl (C=O) groups excluding carboxylic acids is 1. The van der Waals surface area contributed by atoms with Crippen molar-refractivity contribution in [3.8, 4) is 0 Å². The number of nitrogens with zero attached hydrogens (tertiary/aromatic N) is 2. The third-order valence-electron chi connectivity index (χ3n) is 2.94. The maximum absolute atomic E-state index is 12.0. The van der Waals surface area contributed by atoms with Crippen LogP contribution in [0.25, 0.3) is 0 Å². The third kappa shape index (κ3) is 4.31. The average Bonchev–Trinajstić information content (AvgIpc) is 2.93. The lowest BCUT2D eigenvalue weighted by molar-refractivity contribution is 0.0429. The molecule has 10 heteroatoms. The molecular weight excluding hydrogens is 358 g/mol. The van der Waals surface area contributed by atoms with Gasteiger partial charge in [-0.2, -0.15) is 4.98 Å². The van der Waals surface area contributed by atoms with Gasteiger partial charge in [0, 0.05) is 5.41 Å². The maximum atomic E-state index is 12.0. The van der Waals surface area contributed by atoms with Crippen molar-refractivity contribution in [3.05, 3.63) is 40.5 Å². The molecule has 0 fully saturated rings. The molecule has 0 aliphatic rings. The molecule has 0 radical (unpaired) electrons. The highest BCUT2D eigenvalue weighted by atomic mass is 35.5. The molecule has 0 amide bonds. The zero-order valence-electron chi connectivity index (χ0n) is 13.2. The van der Waals surface area contributed by atoms with Crippen molar-refractivity contribution in [3.63, 3.8) is 0 Å². The molecule has 0 bridgehead atoms. The molecule has 1 heterocycles. The van der Waals surface area contributed by atoms with Crippen LogP contribution in [0.15, 0.2) is 27.6 Å². The van der Waals surface area contributed by atoms with Gasteiger partial charge in [-0.1, -0.05) is 37.5 Å². The van der Waals surface area contributed by atoms with E-state index in [0.717, 1.165) is 6.07 Å². The van der Waals surface area contributed by atoms with Gasteiger partial charge < -0.3 is 9.26 Å². The smallest absolute Gasteiger partial charge is 0.338 e. The summed E-state index contributed by atoms with van der Waals surface area (Å²) >= 11 is 5.76. The Morgan fingerprint density at radius 2 is 2.04 bits per heavy atom. The van der Waals surface area contributed by atoms with Crippen LogP contribution in [-0.4, -0.2) is 24.5 Å². The van der Waals surface area contributed by atoms with Crippen LogP contribution in [0.3, 0.4) is 0 Å². The molecule has 0 spiro atoms. The van der Waals surface area contributed by atoms with Crippen molar-refractivity contribution < 1.29 is 22.5 Å². The van der Waals surface area contributed by atoms with Gasteiger partial charge in [-0.3, -0.25) is 0 Å². The minimum Gasteiger partial charge on any atom is -0.452 e. The van der Waals surface area contributed by atoms with E-state index < -0.39 is 16.0 Å². The normalized spacial score (nSPS) is 12.2. The maximum Gasteiger partial charge on any atom is 0.338 e. The van der Waals surface area contributed by atoms with Crippen LogP contribution in [0.1, 0.15) is 42.8 Å². The first-order chi connectivity index (χ1) is 11.0. The Hall–Kier alpha value is -1.97. The van der Waals surface area contributed by atoms with E-state index in [-0.39, 0.29) is 33.4 Å². The number of benzene rings is 1. The number of aromatic nitrogens is 2. The summed E-state index contributed by atoms with van der Waals surface area (Å²) in [6, 6.07) is 3.63. The van der Waals surface area contributed by atoms with Gasteiger partial charge in [-0.05, 0) is 18.2 Å². The summed E-state index contributed by atoms with van der Waals surface area (Å²) in [5.74, 6) is -0.155. The van der Waals surface area contributed by atoms with Gasteiger partial charge in [-0.15, -0.1) is 0 Å². The molecule has 130 valence electrons. The fourth-order valence-corrected chi connectivity index (χ4v) is 2.75. The molecule has 24 heavy (non-hydrogen) atoms. The number of hydrogen-bond donors (Lipinski definition) is 1. The van der Waals surface area contributed by atoms with E-state index in [2.05, 4.69) is 10.1 Å². The second kappa shape index (κ2) is 6.50. The van der Waals surface area contributed by atoms with E-state index >= 15 is 0 Å². The Bertz CT molecular complexity index is 871. The lowest BCUT2D eigenvalue weighted by Crippen LogP contribution is -2.14. The first-order valence-corrected chi connectivity index (χ1v) is 8.73. The fraction of sp³-hybridized carbons (Fsp3) is 0.357. The van der Waals surface area contributed by atoms with E-state index in [9.17, 15) is 13.2 Å². The zero-order chi connectivity index (χ0) is 18.1. The summed E-state index contributed by atoms with van der Waals surface area (Å²) in [5.41, 5.74) is -0.314. The Labute approximate surface area is 144 Å². The Morgan fingerprint density at radius 1 is 1.38 bits per heavy atom. The van der Waals surface area contributed by atoms with Gasteiger partial charge in [-0.25, -0.2) is 18.4 Å². The first kappa shape index (κ1) is 18.4. The van der Waals surface area contributed by atoms with E-state index in [4.69, 9.17) is 26.0 Å². The summed E-state index contributed by atoms with van der Waals surface area (Å²) < 4.78 is 32.9. The third-order valence-corrected chi connectivity index (χ3v) is 4.33. The van der Waals surface area contributed by atoms with Gasteiger partial charge in [0.25, 0.3) is 5.89 Å². The average molecular weight is 374 g/mol. The molecule has 0 unspecified atom stereocenters. The topological polar surface area (TPSA) is 125 Å². The van der Waals surface area contributed by atoms with Gasteiger partial charge in [0.1, 0.15) is 4.90 Å². The number of ether oxygens (including phenoxy) is 1. The van der Waals surface area contributed by atoms with Crippen LogP contribution >= 0.6 is 11.6 Å². The van der Waals surface area contributed by atoms with Gasteiger partial charge in [0.2, 0.25) is 10.0 Å². The van der Waals surface area contributed by atoms with Crippen LogP contribution < -0.4 is 5.14 Å². The molecule has 0 saturated carbocycles. The summed E-state index contributed by atoms with van der Waals surface area (Å²) in [7, 11) is -4.05. The molecule has 0 aliphatic carbocycles. The van der Waals surface area contributed by atoms with E-state index in [1.807, 2.05) is 20.8 Å². The van der Waals surface area contributed by atoms with Gasteiger partial charge in [0.15, 0.2) is 12.4 Å². The minimum atomic E-state index is -4.05. The molecule has 2 N–H and O–H groups in total. The van der Waals surface area contributed by atoms with Crippen LogP contribution in [-0.2, 0) is 26.8 Å². The fourth-order valence-electron chi connectivity index (χ4n) is 1.68. The molecule has 0 atom stereocenters. The largest absolute Gasteiger partial charge is 0.452 e. The quantitative estimate of drug-likeness (QED) is 0.812. The molecule has 0 aliphatic heterocycles. The predicted octanol–water partition coefficient (Wildman–Crippen LogP) is 2.02. The Balaban J connectivity index is 2.12. The van der Waals surface area contributed by atoms with Gasteiger partial charge >= 0.3 is 5.97 Å². The van der Waals surface area contributed by atoms with Crippen molar-refractivity contribution in [2.75, 3.05) is 0 Å². The molecule has 8 nitrogen and oxygen atoms in total. The SMILES string of the molecule is CC(C)(C)c1noc(COC(=O)c2ccc(Cl)c(S(N)(=O)=O)c2)n1. The number of halogens is 1. The summed E-state index contributed by atoms with van der Waals surface area (Å²) in [6.45, 7) is 5.50. The molecule has 0 saturated heterocycles.